The number of methoxy groups -OCH3 is 1. The second-order valence-corrected chi connectivity index (χ2v) is 8.05. The number of aryl methyl sites for hydroxylation is 3. The number of nitrogens with zero attached hydrogens (tertiary/aromatic N) is 3. The molecule has 31 heavy (non-hydrogen) atoms. The van der Waals surface area contributed by atoms with E-state index in [2.05, 4.69) is 34.5 Å². The fraction of sp³-hybridized carbons (Fsp3) is 0.217. The van der Waals surface area contributed by atoms with Gasteiger partial charge in [-0.05, 0) is 55.5 Å². The summed E-state index contributed by atoms with van der Waals surface area (Å²) in [5.41, 5.74) is 5.01. The minimum absolute atomic E-state index is 0.331. The number of fused-ring (bicyclic) bond motifs is 1. The van der Waals surface area contributed by atoms with E-state index in [0.29, 0.717) is 38.5 Å². The van der Waals surface area contributed by atoms with Gasteiger partial charge < -0.3 is 10.1 Å². The van der Waals surface area contributed by atoms with Gasteiger partial charge in [-0.2, -0.15) is 5.10 Å². The van der Waals surface area contributed by atoms with Crippen LogP contribution in [0.3, 0.4) is 0 Å². The molecule has 0 saturated carbocycles. The number of hydrogen-bond donors (Lipinski definition) is 1. The Morgan fingerprint density at radius 3 is 2.58 bits per heavy atom. The predicted octanol–water partition coefficient (Wildman–Crippen LogP) is 4.70. The zero-order valence-corrected chi connectivity index (χ0v) is 18.5. The Bertz CT molecular complexity index is 1290. The molecular formula is C23H22N4O3S. The van der Waals surface area contributed by atoms with E-state index in [1.807, 2.05) is 26.0 Å². The topological polar surface area (TPSA) is 86.1 Å². The van der Waals surface area contributed by atoms with Gasteiger partial charge in [0.15, 0.2) is 5.65 Å². The number of esters is 1. The smallest absolute Gasteiger partial charge is 0.350 e. The maximum absolute atomic E-state index is 13.2. The molecule has 1 amide bonds. The van der Waals surface area contributed by atoms with Gasteiger partial charge in [-0.1, -0.05) is 19.1 Å². The van der Waals surface area contributed by atoms with Crippen molar-refractivity contribution in [3.8, 4) is 5.69 Å². The number of thiophene rings is 1. The maximum atomic E-state index is 13.2. The molecule has 7 nitrogen and oxygen atoms in total. The number of pyridine rings is 1. The fourth-order valence-corrected chi connectivity index (χ4v) is 4.26. The highest BCUT2D eigenvalue weighted by molar-refractivity contribution is 7.12. The molecule has 0 bridgehead atoms. The van der Waals surface area contributed by atoms with Gasteiger partial charge in [0.2, 0.25) is 0 Å². The number of anilines is 1. The van der Waals surface area contributed by atoms with Gasteiger partial charge in [0.05, 0.1) is 35.1 Å². The normalized spacial score (nSPS) is 11.0. The van der Waals surface area contributed by atoms with Crippen LogP contribution in [0.25, 0.3) is 16.7 Å². The highest BCUT2D eigenvalue weighted by Crippen LogP contribution is 2.28. The summed E-state index contributed by atoms with van der Waals surface area (Å²) in [4.78, 5) is 30.2. The molecule has 4 rings (SSSR count). The van der Waals surface area contributed by atoms with Gasteiger partial charge in [0.25, 0.3) is 5.91 Å². The standard InChI is InChI=1S/C23H22N4O3S/c1-5-15-6-8-16(9-7-15)27-21-19(14(3)26-27)17(12-13(2)24-21)22(28)25-18-10-11-31-20(18)23(29)30-4/h6-12H,5H2,1-4H3,(H,25,28). The fourth-order valence-electron chi connectivity index (χ4n) is 3.49. The third kappa shape index (κ3) is 3.82. The molecule has 0 fully saturated rings. The molecule has 0 spiro atoms. The second kappa shape index (κ2) is 8.31. The minimum Gasteiger partial charge on any atom is -0.465 e. The minimum atomic E-state index is -0.485. The van der Waals surface area contributed by atoms with Gasteiger partial charge in [-0.3, -0.25) is 4.79 Å². The molecule has 1 aromatic carbocycles. The largest absolute Gasteiger partial charge is 0.465 e. The first kappa shape index (κ1) is 20.7. The van der Waals surface area contributed by atoms with Crippen LogP contribution in [0.15, 0.2) is 41.8 Å². The lowest BCUT2D eigenvalue weighted by atomic mass is 10.1. The number of carbonyl (C=O) groups excluding carboxylic acids is 2. The third-order valence-corrected chi connectivity index (χ3v) is 5.95. The molecule has 3 heterocycles. The van der Waals surface area contributed by atoms with Crippen molar-refractivity contribution in [3.63, 3.8) is 0 Å². The summed E-state index contributed by atoms with van der Waals surface area (Å²) in [7, 11) is 1.31. The molecule has 0 aliphatic heterocycles. The Hall–Kier alpha value is -3.52. The van der Waals surface area contributed by atoms with Crippen molar-refractivity contribution in [1.82, 2.24) is 14.8 Å². The molecule has 1 N–H and O–H groups in total. The lowest BCUT2D eigenvalue weighted by Crippen LogP contribution is -2.15. The number of nitrogens with one attached hydrogen (secondary N) is 1. The Morgan fingerprint density at radius 2 is 1.90 bits per heavy atom. The van der Waals surface area contributed by atoms with Crippen molar-refractivity contribution in [2.45, 2.75) is 27.2 Å². The average Bonchev–Trinajstić information content (AvgIpc) is 3.37. The second-order valence-electron chi connectivity index (χ2n) is 7.14. The van der Waals surface area contributed by atoms with E-state index < -0.39 is 5.97 Å². The number of aromatic nitrogens is 3. The first-order valence-corrected chi connectivity index (χ1v) is 10.7. The lowest BCUT2D eigenvalue weighted by molar-refractivity contribution is 0.0607. The molecule has 0 unspecified atom stereocenters. The summed E-state index contributed by atoms with van der Waals surface area (Å²) in [5, 5.41) is 9.91. The third-order valence-electron chi connectivity index (χ3n) is 5.06. The Morgan fingerprint density at radius 1 is 1.16 bits per heavy atom. The quantitative estimate of drug-likeness (QED) is 0.460. The summed E-state index contributed by atoms with van der Waals surface area (Å²) in [5.74, 6) is -0.816. The van der Waals surface area contributed by atoms with Crippen LogP contribution in [0.1, 0.15) is 43.9 Å². The highest BCUT2D eigenvalue weighted by atomic mass is 32.1. The summed E-state index contributed by atoms with van der Waals surface area (Å²) >= 11 is 1.22. The van der Waals surface area contributed by atoms with Crippen molar-refractivity contribution in [2.75, 3.05) is 12.4 Å². The van der Waals surface area contributed by atoms with Crippen molar-refractivity contribution in [1.29, 1.82) is 0 Å². The van der Waals surface area contributed by atoms with E-state index in [-0.39, 0.29) is 5.91 Å². The molecule has 4 aromatic rings. The molecule has 0 radical (unpaired) electrons. The highest BCUT2D eigenvalue weighted by Gasteiger charge is 2.22. The zero-order chi connectivity index (χ0) is 22.1. The monoisotopic (exact) mass is 434 g/mol. The van der Waals surface area contributed by atoms with E-state index in [9.17, 15) is 9.59 Å². The van der Waals surface area contributed by atoms with Crippen LogP contribution in [-0.2, 0) is 11.2 Å². The number of ether oxygens (including phenoxy) is 1. The van der Waals surface area contributed by atoms with Crippen molar-refractivity contribution < 1.29 is 14.3 Å². The van der Waals surface area contributed by atoms with Crippen LogP contribution in [0.2, 0.25) is 0 Å². The van der Waals surface area contributed by atoms with Crippen LogP contribution in [0.4, 0.5) is 5.69 Å². The van der Waals surface area contributed by atoms with Crippen LogP contribution in [-0.4, -0.2) is 33.8 Å². The first-order chi connectivity index (χ1) is 14.9. The van der Waals surface area contributed by atoms with E-state index >= 15 is 0 Å². The van der Waals surface area contributed by atoms with Crippen LogP contribution in [0.5, 0.6) is 0 Å². The van der Waals surface area contributed by atoms with Gasteiger partial charge in [0.1, 0.15) is 4.88 Å². The van der Waals surface area contributed by atoms with E-state index in [1.54, 1.807) is 22.2 Å². The Kier molecular flexibility index (Phi) is 5.56. The Labute approximate surface area is 183 Å². The van der Waals surface area contributed by atoms with Crippen LogP contribution in [0, 0.1) is 13.8 Å². The van der Waals surface area contributed by atoms with Gasteiger partial charge in [0, 0.05) is 5.69 Å². The molecule has 158 valence electrons. The summed E-state index contributed by atoms with van der Waals surface area (Å²) in [6.45, 7) is 5.81. The first-order valence-electron chi connectivity index (χ1n) is 9.86. The van der Waals surface area contributed by atoms with E-state index in [4.69, 9.17) is 4.74 Å². The van der Waals surface area contributed by atoms with Crippen molar-refractivity contribution in [2.24, 2.45) is 0 Å². The molecular weight excluding hydrogens is 412 g/mol. The maximum Gasteiger partial charge on any atom is 0.350 e. The van der Waals surface area contributed by atoms with Crippen LogP contribution >= 0.6 is 11.3 Å². The zero-order valence-electron chi connectivity index (χ0n) is 17.7. The molecule has 0 atom stereocenters. The number of benzene rings is 1. The number of hydrogen-bond acceptors (Lipinski definition) is 6. The predicted molar refractivity (Wildman–Crippen MR) is 121 cm³/mol. The Balaban J connectivity index is 1.78. The number of carbonyl (C=O) groups is 2. The molecule has 0 aliphatic rings. The van der Waals surface area contributed by atoms with Gasteiger partial charge >= 0.3 is 5.97 Å². The summed E-state index contributed by atoms with van der Waals surface area (Å²) in [6, 6.07) is 11.6. The van der Waals surface area contributed by atoms with E-state index in [0.717, 1.165) is 12.1 Å². The van der Waals surface area contributed by atoms with Crippen molar-refractivity contribution in [3.05, 3.63) is 69.2 Å². The average molecular weight is 435 g/mol. The van der Waals surface area contributed by atoms with Crippen molar-refractivity contribution >= 4 is 39.9 Å². The van der Waals surface area contributed by atoms with Gasteiger partial charge in [-0.15, -0.1) is 11.3 Å². The molecule has 8 heteroatoms. The number of amides is 1. The number of rotatable bonds is 5. The molecule has 3 aromatic heterocycles. The summed E-state index contributed by atoms with van der Waals surface area (Å²) in [6.07, 6.45) is 0.955. The van der Waals surface area contributed by atoms with E-state index in [1.165, 1.54) is 24.0 Å². The SMILES string of the molecule is CCc1ccc(-n2nc(C)c3c(C(=O)Nc4ccsc4C(=O)OC)cc(C)nc32)cc1. The lowest BCUT2D eigenvalue weighted by Gasteiger charge is -2.09. The molecule has 0 saturated heterocycles. The molecule has 0 aliphatic carbocycles. The van der Waals surface area contributed by atoms with Gasteiger partial charge in [-0.25, -0.2) is 14.5 Å². The van der Waals surface area contributed by atoms with Crippen LogP contribution < -0.4 is 5.32 Å². The summed E-state index contributed by atoms with van der Waals surface area (Å²) < 4.78 is 6.56.